The van der Waals surface area contributed by atoms with Gasteiger partial charge in [0.1, 0.15) is 0 Å². The van der Waals surface area contributed by atoms with E-state index in [0.717, 1.165) is 0 Å². The third-order valence-corrected chi connectivity index (χ3v) is 3.31. The van der Waals surface area contributed by atoms with E-state index in [4.69, 9.17) is 0 Å². The highest BCUT2D eigenvalue weighted by Crippen LogP contribution is 2.24. The van der Waals surface area contributed by atoms with Crippen LogP contribution in [-0.4, -0.2) is 33.6 Å². The van der Waals surface area contributed by atoms with Crippen LogP contribution >= 0.6 is 11.3 Å². The molecule has 0 amide bonds. The lowest BCUT2D eigenvalue weighted by atomic mass is 10.3. The third-order valence-electron chi connectivity index (χ3n) is 2.55. The summed E-state index contributed by atoms with van der Waals surface area (Å²) in [6.07, 6.45) is 1.73. The van der Waals surface area contributed by atoms with Crippen LogP contribution in [0.2, 0.25) is 0 Å². The maximum Gasteiger partial charge on any atom is 0.356 e. The molecule has 0 aliphatic carbocycles. The molecule has 0 bridgehead atoms. The molecule has 5 nitrogen and oxygen atoms in total. The van der Waals surface area contributed by atoms with Crippen LogP contribution in [0.15, 0.2) is 11.6 Å². The molecule has 0 saturated heterocycles. The van der Waals surface area contributed by atoms with Crippen LogP contribution in [0.3, 0.4) is 0 Å². The van der Waals surface area contributed by atoms with Gasteiger partial charge in [-0.2, -0.15) is 0 Å². The highest BCUT2D eigenvalue weighted by molar-refractivity contribution is 7.15. The monoisotopic (exact) mass is 239 g/mol. The first-order chi connectivity index (χ1) is 7.52. The van der Waals surface area contributed by atoms with Gasteiger partial charge in [0.15, 0.2) is 16.5 Å². The summed E-state index contributed by atoms with van der Waals surface area (Å²) in [5, 5.41) is 11.0. The number of carboxylic acid groups (broad SMARTS) is 1. The largest absolute Gasteiger partial charge is 0.476 e. The molecule has 2 rings (SSSR count). The fourth-order valence-corrected chi connectivity index (χ4v) is 2.17. The maximum absolute atomic E-state index is 11.2. The van der Waals surface area contributed by atoms with Crippen molar-refractivity contribution in [3.63, 3.8) is 0 Å². The summed E-state index contributed by atoms with van der Waals surface area (Å²) in [6.45, 7) is 4.00. The van der Waals surface area contributed by atoms with Gasteiger partial charge in [0.05, 0.1) is 0 Å². The summed E-state index contributed by atoms with van der Waals surface area (Å²) < 4.78 is 1.61. The van der Waals surface area contributed by atoms with Crippen molar-refractivity contribution in [3.8, 4) is 0 Å². The van der Waals surface area contributed by atoms with E-state index in [1.807, 2.05) is 31.2 Å². The summed E-state index contributed by atoms with van der Waals surface area (Å²) in [5.41, 5.74) is 0.229. The number of hydrogen-bond acceptors (Lipinski definition) is 4. The number of carbonyl (C=O) groups is 1. The topological polar surface area (TPSA) is 57.8 Å². The molecular weight excluding hydrogens is 226 g/mol. The number of rotatable bonds is 3. The van der Waals surface area contributed by atoms with Gasteiger partial charge in [0.25, 0.3) is 0 Å². The number of carboxylic acids is 1. The maximum atomic E-state index is 11.2. The van der Waals surface area contributed by atoms with Crippen molar-refractivity contribution in [1.29, 1.82) is 0 Å². The van der Waals surface area contributed by atoms with Gasteiger partial charge in [-0.05, 0) is 13.8 Å². The van der Waals surface area contributed by atoms with Crippen molar-refractivity contribution in [1.82, 2.24) is 9.38 Å². The average Bonchev–Trinajstić information content (AvgIpc) is 2.73. The van der Waals surface area contributed by atoms with E-state index in [-0.39, 0.29) is 11.7 Å². The second-order valence-corrected chi connectivity index (χ2v) is 4.72. The highest BCUT2D eigenvalue weighted by atomic mass is 32.1. The quantitative estimate of drug-likeness (QED) is 0.889. The summed E-state index contributed by atoms with van der Waals surface area (Å²) in [7, 11) is 1.85. The molecule has 0 aromatic carbocycles. The van der Waals surface area contributed by atoms with E-state index in [1.165, 1.54) is 11.3 Å². The Balaban J connectivity index is 2.64. The van der Waals surface area contributed by atoms with Gasteiger partial charge in [-0.25, -0.2) is 9.78 Å². The van der Waals surface area contributed by atoms with Crippen molar-refractivity contribution in [2.45, 2.75) is 19.9 Å². The van der Waals surface area contributed by atoms with Crippen molar-refractivity contribution in [2.75, 3.05) is 11.9 Å². The number of thiazole rings is 1. The molecular formula is C10H13N3O2S. The van der Waals surface area contributed by atoms with E-state index < -0.39 is 5.97 Å². The number of imidazole rings is 1. The van der Waals surface area contributed by atoms with Crippen LogP contribution in [0.25, 0.3) is 4.96 Å². The number of aromatic nitrogens is 2. The van der Waals surface area contributed by atoms with E-state index in [9.17, 15) is 9.90 Å². The molecule has 0 saturated carbocycles. The molecule has 1 N–H and O–H groups in total. The van der Waals surface area contributed by atoms with Crippen molar-refractivity contribution >= 4 is 28.1 Å². The van der Waals surface area contributed by atoms with Crippen molar-refractivity contribution in [2.24, 2.45) is 0 Å². The molecule has 2 heterocycles. The molecule has 0 fully saturated rings. The third kappa shape index (κ3) is 1.55. The van der Waals surface area contributed by atoms with E-state index in [2.05, 4.69) is 4.98 Å². The summed E-state index contributed by atoms with van der Waals surface area (Å²) in [6, 6.07) is 0.211. The lowest BCUT2D eigenvalue weighted by Crippen LogP contribution is -2.27. The standard InChI is InChI=1S/C10H13N3O2S/c1-6(2)12(3)8-7(9(14)15)13-4-5-16-10(13)11-8/h4-6H,1-3H3,(H,14,15). The Morgan fingerprint density at radius 1 is 1.62 bits per heavy atom. The van der Waals surface area contributed by atoms with E-state index in [0.29, 0.717) is 10.8 Å². The van der Waals surface area contributed by atoms with Crippen LogP contribution in [-0.2, 0) is 0 Å². The molecule has 16 heavy (non-hydrogen) atoms. The van der Waals surface area contributed by atoms with Crippen LogP contribution in [0.1, 0.15) is 24.3 Å². The minimum absolute atomic E-state index is 0.211. The van der Waals surface area contributed by atoms with Crippen molar-refractivity contribution < 1.29 is 9.90 Å². The Labute approximate surface area is 96.9 Å². The number of fused-ring (bicyclic) bond motifs is 1. The fourth-order valence-electron chi connectivity index (χ4n) is 1.46. The molecule has 0 radical (unpaired) electrons. The molecule has 0 atom stereocenters. The summed E-state index contributed by atoms with van der Waals surface area (Å²) in [5.74, 6) is -0.428. The molecule has 0 unspecified atom stereocenters. The molecule has 0 spiro atoms. The van der Waals surface area contributed by atoms with E-state index >= 15 is 0 Å². The molecule has 86 valence electrons. The molecule has 6 heteroatoms. The van der Waals surface area contributed by atoms with Crippen molar-refractivity contribution in [3.05, 3.63) is 17.3 Å². The van der Waals surface area contributed by atoms with Crippen LogP contribution in [0, 0.1) is 0 Å². The van der Waals surface area contributed by atoms with Crippen LogP contribution in [0.4, 0.5) is 5.82 Å². The van der Waals surface area contributed by atoms with Gasteiger partial charge in [-0.3, -0.25) is 4.40 Å². The van der Waals surface area contributed by atoms with Gasteiger partial charge in [-0.15, -0.1) is 11.3 Å². The summed E-state index contributed by atoms with van der Waals surface area (Å²) in [4.78, 5) is 18.2. The fraction of sp³-hybridized carbons (Fsp3) is 0.400. The Morgan fingerprint density at radius 3 is 2.88 bits per heavy atom. The second kappa shape index (κ2) is 3.79. The Kier molecular flexibility index (Phi) is 2.59. The zero-order valence-corrected chi connectivity index (χ0v) is 10.2. The van der Waals surface area contributed by atoms with Gasteiger partial charge in [-0.1, -0.05) is 0 Å². The lowest BCUT2D eigenvalue weighted by molar-refractivity contribution is 0.0690. The minimum atomic E-state index is -0.951. The number of anilines is 1. The van der Waals surface area contributed by atoms with Gasteiger partial charge >= 0.3 is 5.97 Å². The smallest absolute Gasteiger partial charge is 0.356 e. The Morgan fingerprint density at radius 2 is 2.31 bits per heavy atom. The Bertz CT molecular complexity index is 529. The lowest BCUT2D eigenvalue weighted by Gasteiger charge is -2.21. The van der Waals surface area contributed by atoms with Crippen LogP contribution in [0.5, 0.6) is 0 Å². The first kappa shape index (κ1) is 10.9. The highest BCUT2D eigenvalue weighted by Gasteiger charge is 2.23. The number of nitrogens with zero attached hydrogens (tertiary/aromatic N) is 3. The van der Waals surface area contributed by atoms with Gasteiger partial charge < -0.3 is 10.0 Å². The molecule has 0 aliphatic rings. The second-order valence-electron chi connectivity index (χ2n) is 3.85. The number of hydrogen-bond donors (Lipinski definition) is 1. The predicted molar refractivity (Wildman–Crippen MR) is 63.6 cm³/mol. The average molecular weight is 239 g/mol. The SMILES string of the molecule is CC(C)N(C)c1nc2sccn2c1C(=O)O. The van der Waals surface area contributed by atoms with E-state index in [1.54, 1.807) is 10.6 Å². The number of aromatic carboxylic acids is 1. The zero-order valence-electron chi connectivity index (χ0n) is 9.34. The zero-order chi connectivity index (χ0) is 11.9. The minimum Gasteiger partial charge on any atom is -0.476 e. The Hall–Kier alpha value is -1.56. The first-order valence-corrected chi connectivity index (χ1v) is 5.82. The van der Waals surface area contributed by atoms with Gasteiger partial charge in [0, 0.05) is 24.7 Å². The summed E-state index contributed by atoms with van der Waals surface area (Å²) >= 11 is 1.43. The predicted octanol–water partition coefficient (Wildman–Crippen LogP) is 1.94. The molecule has 2 aromatic rings. The molecule has 2 aromatic heterocycles. The van der Waals surface area contributed by atoms with Gasteiger partial charge in [0.2, 0.25) is 0 Å². The van der Waals surface area contributed by atoms with Crippen LogP contribution < -0.4 is 4.90 Å². The normalized spacial score (nSPS) is 11.2. The molecule has 0 aliphatic heterocycles. The first-order valence-electron chi connectivity index (χ1n) is 4.94.